The molecule has 0 atom stereocenters. The number of aryl methyl sites for hydroxylation is 1. The number of para-hydroxylation sites is 1. The number of amides is 1. The van der Waals surface area contributed by atoms with Crippen LogP contribution in [0.2, 0.25) is 0 Å². The molecule has 1 N–H and O–H groups in total. The van der Waals surface area contributed by atoms with Crippen LogP contribution < -0.4 is 5.32 Å². The number of carbonyl (C=O) groups is 1. The highest BCUT2D eigenvalue weighted by molar-refractivity contribution is 6.07. The Kier molecular flexibility index (Phi) is 7.05. The number of furan rings is 1. The molecule has 164 valence electrons. The highest BCUT2D eigenvalue weighted by atomic mass is 16.3. The van der Waals surface area contributed by atoms with Gasteiger partial charge in [0, 0.05) is 51.1 Å². The molecule has 1 aliphatic rings. The molecule has 0 unspecified atom stereocenters. The molecule has 1 saturated heterocycles. The van der Waals surface area contributed by atoms with E-state index in [4.69, 9.17) is 4.42 Å². The standard InChI is InChI=1S/C26H33N3O2/c1-3-4-11-24-25(22-10-5-6-12-23(22)31-24)26(30)27-18-20-8-7-9-21(17-20)19-29-15-13-28(2)14-16-29/h5-10,12,17H,3-4,11,13-16,18-19H2,1-2H3,(H,27,30). The van der Waals surface area contributed by atoms with E-state index in [1.54, 1.807) is 0 Å². The van der Waals surface area contributed by atoms with E-state index in [-0.39, 0.29) is 5.91 Å². The summed E-state index contributed by atoms with van der Waals surface area (Å²) in [5.74, 6) is 0.741. The molecule has 0 spiro atoms. The third-order valence-electron chi connectivity index (χ3n) is 6.10. The summed E-state index contributed by atoms with van der Waals surface area (Å²) in [4.78, 5) is 18.0. The van der Waals surface area contributed by atoms with Crippen LogP contribution in [0.5, 0.6) is 0 Å². The van der Waals surface area contributed by atoms with Gasteiger partial charge < -0.3 is 14.6 Å². The fourth-order valence-electron chi connectivity index (χ4n) is 4.23. The number of hydrogen-bond donors (Lipinski definition) is 1. The fraction of sp³-hybridized carbons (Fsp3) is 0.423. The first-order chi connectivity index (χ1) is 15.1. The van der Waals surface area contributed by atoms with Gasteiger partial charge in [0.25, 0.3) is 5.91 Å². The molecule has 0 saturated carbocycles. The van der Waals surface area contributed by atoms with Gasteiger partial charge in [-0.15, -0.1) is 0 Å². The third-order valence-corrected chi connectivity index (χ3v) is 6.10. The van der Waals surface area contributed by atoms with E-state index >= 15 is 0 Å². The minimum absolute atomic E-state index is 0.0551. The van der Waals surface area contributed by atoms with Crippen LogP contribution in [0.3, 0.4) is 0 Å². The number of nitrogens with zero attached hydrogens (tertiary/aromatic N) is 2. The van der Waals surface area contributed by atoms with Gasteiger partial charge in [-0.05, 0) is 30.7 Å². The fourth-order valence-corrected chi connectivity index (χ4v) is 4.23. The van der Waals surface area contributed by atoms with Crippen molar-refractivity contribution in [2.75, 3.05) is 33.2 Å². The lowest BCUT2D eigenvalue weighted by atomic mass is 10.1. The average molecular weight is 420 g/mol. The van der Waals surface area contributed by atoms with Crippen molar-refractivity contribution in [1.29, 1.82) is 0 Å². The zero-order valence-electron chi connectivity index (χ0n) is 18.7. The second-order valence-corrected chi connectivity index (χ2v) is 8.58. The van der Waals surface area contributed by atoms with Crippen LogP contribution in [0.4, 0.5) is 0 Å². The van der Waals surface area contributed by atoms with E-state index in [9.17, 15) is 4.79 Å². The topological polar surface area (TPSA) is 48.7 Å². The van der Waals surface area contributed by atoms with Crippen LogP contribution in [0.15, 0.2) is 52.9 Å². The molecule has 0 radical (unpaired) electrons. The van der Waals surface area contributed by atoms with Gasteiger partial charge >= 0.3 is 0 Å². The van der Waals surface area contributed by atoms with Crippen LogP contribution in [0, 0.1) is 0 Å². The highest BCUT2D eigenvalue weighted by Gasteiger charge is 2.20. The molecule has 2 aromatic carbocycles. The number of carbonyl (C=O) groups excluding carboxylic acids is 1. The number of hydrogen-bond acceptors (Lipinski definition) is 4. The molecule has 1 aromatic heterocycles. The van der Waals surface area contributed by atoms with Crippen LogP contribution in [-0.2, 0) is 19.5 Å². The molecule has 1 fully saturated rings. The van der Waals surface area contributed by atoms with Crippen molar-refractivity contribution in [3.05, 3.63) is 71.0 Å². The Morgan fingerprint density at radius 1 is 1.03 bits per heavy atom. The van der Waals surface area contributed by atoms with Crippen LogP contribution >= 0.6 is 0 Å². The summed E-state index contributed by atoms with van der Waals surface area (Å²) in [6.07, 6.45) is 2.86. The lowest BCUT2D eigenvalue weighted by Gasteiger charge is -2.32. The molecule has 31 heavy (non-hydrogen) atoms. The van der Waals surface area contributed by atoms with Gasteiger partial charge in [-0.2, -0.15) is 0 Å². The van der Waals surface area contributed by atoms with E-state index in [1.165, 1.54) is 5.56 Å². The van der Waals surface area contributed by atoms with Gasteiger partial charge in [-0.1, -0.05) is 55.8 Å². The van der Waals surface area contributed by atoms with Gasteiger partial charge in [-0.3, -0.25) is 9.69 Å². The molecule has 0 aliphatic carbocycles. The Labute approximate surface area is 185 Å². The summed E-state index contributed by atoms with van der Waals surface area (Å²) in [6.45, 7) is 8.07. The average Bonchev–Trinajstić information content (AvgIpc) is 3.16. The van der Waals surface area contributed by atoms with Gasteiger partial charge in [0.05, 0.1) is 5.56 Å². The van der Waals surface area contributed by atoms with Crippen molar-refractivity contribution < 1.29 is 9.21 Å². The molecule has 1 aliphatic heterocycles. The molecule has 2 heterocycles. The Hall–Kier alpha value is -2.63. The molecule has 0 bridgehead atoms. The molecule has 4 rings (SSSR count). The summed E-state index contributed by atoms with van der Waals surface area (Å²) in [7, 11) is 2.18. The minimum Gasteiger partial charge on any atom is -0.460 e. The Bertz CT molecular complexity index is 1020. The van der Waals surface area contributed by atoms with E-state index in [2.05, 4.69) is 53.4 Å². The van der Waals surface area contributed by atoms with Crippen LogP contribution in [0.1, 0.15) is 47.0 Å². The maximum Gasteiger partial charge on any atom is 0.255 e. The van der Waals surface area contributed by atoms with Crippen molar-refractivity contribution >= 4 is 16.9 Å². The first-order valence-electron chi connectivity index (χ1n) is 11.4. The normalized spacial score (nSPS) is 15.4. The Balaban J connectivity index is 1.43. The van der Waals surface area contributed by atoms with E-state index in [0.717, 1.165) is 74.3 Å². The van der Waals surface area contributed by atoms with Gasteiger partial charge in [0.15, 0.2) is 0 Å². The predicted molar refractivity (Wildman–Crippen MR) is 125 cm³/mol. The maximum absolute atomic E-state index is 13.1. The highest BCUT2D eigenvalue weighted by Crippen LogP contribution is 2.27. The minimum atomic E-state index is -0.0551. The molecule has 5 nitrogen and oxygen atoms in total. The SMILES string of the molecule is CCCCc1oc2ccccc2c1C(=O)NCc1cccc(CN2CCN(C)CC2)c1. The zero-order valence-corrected chi connectivity index (χ0v) is 18.7. The van der Waals surface area contributed by atoms with Crippen molar-refractivity contribution in [1.82, 2.24) is 15.1 Å². The molecule has 3 aromatic rings. The first kappa shape index (κ1) is 21.6. The zero-order chi connectivity index (χ0) is 21.6. The summed E-state index contributed by atoms with van der Waals surface area (Å²) in [5, 5.41) is 4.03. The summed E-state index contributed by atoms with van der Waals surface area (Å²) >= 11 is 0. The van der Waals surface area contributed by atoms with Crippen molar-refractivity contribution in [2.24, 2.45) is 0 Å². The Morgan fingerprint density at radius 2 is 1.81 bits per heavy atom. The number of fused-ring (bicyclic) bond motifs is 1. The molecular weight excluding hydrogens is 386 g/mol. The number of unbranched alkanes of at least 4 members (excludes halogenated alkanes) is 1. The van der Waals surface area contributed by atoms with E-state index in [0.29, 0.717) is 12.1 Å². The largest absolute Gasteiger partial charge is 0.460 e. The van der Waals surface area contributed by atoms with Gasteiger partial charge in [0.1, 0.15) is 11.3 Å². The summed E-state index contributed by atoms with van der Waals surface area (Å²) < 4.78 is 6.02. The second kappa shape index (κ2) is 10.1. The Morgan fingerprint density at radius 3 is 2.61 bits per heavy atom. The van der Waals surface area contributed by atoms with Gasteiger partial charge in [0.2, 0.25) is 0 Å². The molecular formula is C26H33N3O2. The molecule has 5 heteroatoms. The van der Waals surface area contributed by atoms with Crippen molar-refractivity contribution in [2.45, 2.75) is 39.3 Å². The van der Waals surface area contributed by atoms with Crippen molar-refractivity contribution in [3.63, 3.8) is 0 Å². The number of piperazine rings is 1. The van der Waals surface area contributed by atoms with E-state index in [1.807, 2.05) is 24.3 Å². The first-order valence-corrected chi connectivity index (χ1v) is 11.4. The number of likely N-dealkylation sites (N-methyl/N-ethyl adjacent to an activating group) is 1. The second-order valence-electron chi connectivity index (χ2n) is 8.58. The van der Waals surface area contributed by atoms with Crippen LogP contribution in [0.25, 0.3) is 11.0 Å². The maximum atomic E-state index is 13.1. The summed E-state index contributed by atoms with van der Waals surface area (Å²) in [6, 6.07) is 16.4. The van der Waals surface area contributed by atoms with Crippen molar-refractivity contribution in [3.8, 4) is 0 Å². The monoisotopic (exact) mass is 419 g/mol. The summed E-state index contributed by atoms with van der Waals surface area (Å²) in [5.41, 5.74) is 3.90. The molecule has 1 amide bonds. The third kappa shape index (κ3) is 5.35. The quantitative estimate of drug-likeness (QED) is 0.586. The number of nitrogens with one attached hydrogen (secondary N) is 1. The smallest absolute Gasteiger partial charge is 0.255 e. The lowest BCUT2D eigenvalue weighted by molar-refractivity contribution is 0.0950. The number of rotatable bonds is 8. The van der Waals surface area contributed by atoms with Gasteiger partial charge in [-0.25, -0.2) is 0 Å². The lowest BCUT2D eigenvalue weighted by Crippen LogP contribution is -2.43. The number of benzene rings is 2. The van der Waals surface area contributed by atoms with E-state index < -0.39 is 0 Å². The van der Waals surface area contributed by atoms with Crippen LogP contribution in [-0.4, -0.2) is 48.9 Å². The predicted octanol–water partition coefficient (Wildman–Crippen LogP) is 4.45.